The molecule has 1 fully saturated rings. The van der Waals surface area contributed by atoms with Crippen molar-refractivity contribution in [2.45, 2.75) is 12.0 Å². The van der Waals surface area contributed by atoms with Crippen LogP contribution in [0.2, 0.25) is 0 Å². The van der Waals surface area contributed by atoms with E-state index < -0.39 is 5.60 Å². The second-order valence-corrected chi connectivity index (χ2v) is 5.09. The molecule has 0 aromatic heterocycles. The number of hydrogen-bond donors (Lipinski definition) is 1. The predicted molar refractivity (Wildman–Crippen MR) is 65.0 cm³/mol. The first-order valence-electron chi connectivity index (χ1n) is 5.16. The lowest BCUT2D eigenvalue weighted by molar-refractivity contribution is -0.143. The molecule has 2 rings (SSSR count). The largest absolute Gasteiger partial charge is 0.375 e. The maximum absolute atomic E-state index is 11.9. The van der Waals surface area contributed by atoms with Gasteiger partial charge in [-0.05, 0) is 23.8 Å². The van der Waals surface area contributed by atoms with Crippen molar-refractivity contribution < 1.29 is 9.90 Å². The summed E-state index contributed by atoms with van der Waals surface area (Å²) in [6.07, 6.45) is 0.351. The first-order valence-corrected chi connectivity index (χ1v) is 5.96. The van der Waals surface area contributed by atoms with Crippen LogP contribution < -0.4 is 0 Å². The van der Waals surface area contributed by atoms with Crippen molar-refractivity contribution in [1.29, 1.82) is 5.26 Å². The summed E-state index contributed by atoms with van der Waals surface area (Å²) >= 11 is 3.27. The fourth-order valence-corrected chi connectivity index (χ4v) is 2.51. The molecule has 1 aromatic carbocycles. The zero-order chi connectivity index (χ0) is 12.6. The molecule has 0 radical (unpaired) electrons. The topological polar surface area (TPSA) is 64.3 Å². The van der Waals surface area contributed by atoms with Crippen LogP contribution >= 0.6 is 15.9 Å². The lowest BCUT2D eigenvalue weighted by Gasteiger charge is -2.21. The lowest BCUT2D eigenvalue weighted by Crippen LogP contribution is -2.36. The molecule has 5 heteroatoms. The van der Waals surface area contributed by atoms with E-state index in [-0.39, 0.29) is 5.91 Å². The smallest absolute Gasteiger partial charge is 0.258 e. The second-order valence-electron chi connectivity index (χ2n) is 4.18. The molecule has 1 aromatic rings. The molecule has 88 valence electrons. The van der Waals surface area contributed by atoms with Gasteiger partial charge in [-0.25, -0.2) is 0 Å². The first-order chi connectivity index (χ1) is 7.97. The van der Waals surface area contributed by atoms with Gasteiger partial charge >= 0.3 is 0 Å². The highest BCUT2D eigenvalue weighted by Gasteiger charge is 2.45. The molecule has 1 unspecified atom stereocenters. The predicted octanol–water partition coefficient (Wildman–Crippen LogP) is 1.37. The number of halogens is 1. The molecule has 0 aliphatic carbocycles. The molecule has 1 amide bonds. The fraction of sp³-hybridized carbons (Fsp3) is 0.333. The standard InChI is InChI=1S/C12H11BrN2O2/c1-15-3-2-12(17,11(15)16)9-4-8(7-14)5-10(13)6-9/h4-6,17H,2-3H2,1H3. The Kier molecular flexibility index (Phi) is 2.94. The highest BCUT2D eigenvalue weighted by molar-refractivity contribution is 9.10. The molecule has 0 saturated carbocycles. The molecule has 4 nitrogen and oxygen atoms in total. The molecule has 0 bridgehead atoms. The maximum atomic E-state index is 11.9. The van der Waals surface area contributed by atoms with Gasteiger partial charge in [0, 0.05) is 24.5 Å². The Morgan fingerprint density at radius 2 is 2.24 bits per heavy atom. The Morgan fingerprint density at radius 3 is 2.76 bits per heavy atom. The van der Waals surface area contributed by atoms with E-state index in [9.17, 15) is 9.90 Å². The van der Waals surface area contributed by atoms with E-state index in [1.165, 1.54) is 4.90 Å². The van der Waals surface area contributed by atoms with E-state index in [1.54, 1.807) is 25.2 Å². The normalized spacial score (nSPS) is 23.9. The zero-order valence-electron chi connectivity index (χ0n) is 9.27. The third-order valence-electron chi connectivity index (χ3n) is 3.01. The molecule has 1 saturated heterocycles. The van der Waals surface area contributed by atoms with Crippen molar-refractivity contribution in [3.63, 3.8) is 0 Å². The molecule has 17 heavy (non-hydrogen) atoms. The van der Waals surface area contributed by atoms with E-state index in [4.69, 9.17) is 5.26 Å². The fourth-order valence-electron chi connectivity index (χ4n) is 2.01. The number of carbonyl (C=O) groups is 1. The van der Waals surface area contributed by atoms with Gasteiger partial charge in [0.1, 0.15) is 0 Å². The van der Waals surface area contributed by atoms with E-state index in [2.05, 4.69) is 15.9 Å². The number of nitriles is 1. The van der Waals surface area contributed by atoms with Crippen molar-refractivity contribution in [1.82, 2.24) is 4.90 Å². The van der Waals surface area contributed by atoms with Crippen molar-refractivity contribution in [3.8, 4) is 6.07 Å². The minimum atomic E-state index is -1.50. The Bertz CT molecular complexity index is 524. The summed E-state index contributed by atoms with van der Waals surface area (Å²) in [7, 11) is 1.66. The number of likely N-dealkylation sites (N-methyl/N-ethyl adjacent to an activating group) is 1. The average Bonchev–Trinajstić information content (AvgIpc) is 2.57. The van der Waals surface area contributed by atoms with Gasteiger partial charge < -0.3 is 10.0 Å². The van der Waals surface area contributed by atoms with Crippen molar-refractivity contribution >= 4 is 21.8 Å². The van der Waals surface area contributed by atoms with E-state index >= 15 is 0 Å². The van der Waals surface area contributed by atoms with Gasteiger partial charge in [-0.1, -0.05) is 15.9 Å². The second kappa shape index (κ2) is 4.13. The van der Waals surface area contributed by atoms with Gasteiger partial charge in [0.25, 0.3) is 5.91 Å². The van der Waals surface area contributed by atoms with E-state index in [0.717, 1.165) is 0 Å². The highest BCUT2D eigenvalue weighted by atomic mass is 79.9. The van der Waals surface area contributed by atoms with Crippen LogP contribution in [0.3, 0.4) is 0 Å². The van der Waals surface area contributed by atoms with Crippen LogP contribution in [-0.2, 0) is 10.4 Å². The number of hydrogen-bond acceptors (Lipinski definition) is 3. The number of amides is 1. The lowest BCUT2D eigenvalue weighted by atomic mass is 9.91. The Balaban J connectivity index is 2.51. The van der Waals surface area contributed by atoms with Crippen molar-refractivity contribution in [3.05, 3.63) is 33.8 Å². The molecular formula is C12H11BrN2O2. The summed E-state index contributed by atoms with van der Waals surface area (Å²) in [6.45, 7) is 0.518. The number of nitrogens with zero attached hydrogens (tertiary/aromatic N) is 2. The molecule has 1 atom stereocenters. The highest BCUT2D eigenvalue weighted by Crippen LogP contribution is 2.34. The number of rotatable bonds is 1. The van der Waals surface area contributed by atoms with Gasteiger partial charge in [-0.2, -0.15) is 5.26 Å². The molecule has 1 aliphatic rings. The van der Waals surface area contributed by atoms with Crippen LogP contribution in [0.5, 0.6) is 0 Å². The summed E-state index contributed by atoms with van der Waals surface area (Å²) in [5.74, 6) is -0.320. The van der Waals surface area contributed by atoms with Crippen LogP contribution in [-0.4, -0.2) is 29.5 Å². The van der Waals surface area contributed by atoms with Crippen molar-refractivity contribution in [2.24, 2.45) is 0 Å². The Hall–Kier alpha value is -1.38. The van der Waals surface area contributed by atoms with Gasteiger partial charge in [0.05, 0.1) is 11.6 Å². The summed E-state index contributed by atoms with van der Waals surface area (Å²) in [6, 6.07) is 6.89. The van der Waals surface area contributed by atoms with Gasteiger partial charge in [-0.3, -0.25) is 4.79 Å². The molecule has 1 heterocycles. The minimum Gasteiger partial charge on any atom is -0.375 e. The molecular weight excluding hydrogens is 284 g/mol. The monoisotopic (exact) mass is 294 g/mol. The van der Waals surface area contributed by atoms with Crippen LogP contribution in [0.1, 0.15) is 17.5 Å². The quantitative estimate of drug-likeness (QED) is 0.851. The van der Waals surface area contributed by atoms with Crippen molar-refractivity contribution in [2.75, 3.05) is 13.6 Å². The Labute approximate surface area is 108 Å². The first kappa shape index (κ1) is 12.1. The van der Waals surface area contributed by atoms with E-state index in [0.29, 0.717) is 28.6 Å². The number of carbonyl (C=O) groups excluding carboxylic acids is 1. The third-order valence-corrected chi connectivity index (χ3v) is 3.47. The van der Waals surface area contributed by atoms with E-state index in [1.807, 2.05) is 6.07 Å². The number of benzene rings is 1. The molecule has 0 spiro atoms. The maximum Gasteiger partial charge on any atom is 0.258 e. The SMILES string of the molecule is CN1CCC(O)(c2cc(Br)cc(C#N)c2)C1=O. The van der Waals surface area contributed by atoms with Crippen LogP contribution in [0.4, 0.5) is 0 Å². The summed E-state index contributed by atoms with van der Waals surface area (Å²) in [5, 5.41) is 19.3. The van der Waals surface area contributed by atoms with Gasteiger partial charge in [0.15, 0.2) is 5.60 Å². The number of likely N-dealkylation sites (tertiary alicyclic amines) is 1. The minimum absolute atomic E-state index is 0.320. The zero-order valence-corrected chi connectivity index (χ0v) is 10.9. The van der Waals surface area contributed by atoms with Crippen LogP contribution in [0.25, 0.3) is 0 Å². The molecule has 1 aliphatic heterocycles. The molecule has 1 N–H and O–H groups in total. The van der Waals surface area contributed by atoms with Gasteiger partial charge in [0.2, 0.25) is 0 Å². The average molecular weight is 295 g/mol. The van der Waals surface area contributed by atoms with Crippen LogP contribution in [0.15, 0.2) is 22.7 Å². The summed E-state index contributed by atoms with van der Waals surface area (Å²) in [4.78, 5) is 13.4. The number of aliphatic hydroxyl groups is 1. The van der Waals surface area contributed by atoms with Crippen LogP contribution in [0, 0.1) is 11.3 Å². The third kappa shape index (κ3) is 1.94. The summed E-state index contributed by atoms with van der Waals surface area (Å²) < 4.78 is 0.683. The van der Waals surface area contributed by atoms with Gasteiger partial charge in [-0.15, -0.1) is 0 Å². The Morgan fingerprint density at radius 1 is 1.53 bits per heavy atom. The summed E-state index contributed by atoms with van der Waals surface area (Å²) in [5.41, 5.74) is -0.604.